The molecule has 2 heterocycles. The van der Waals surface area contributed by atoms with E-state index in [9.17, 15) is 8.42 Å². The number of hydrogen-bond acceptors (Lipinski definition) is 5. The molecule has 1 aliphatic carbocycles. The average Bonchev–Trinajstić information content (AvgIpc) is 3.34. The van der Waals surface area contributed by atoms with Gasteiger partial charge in [-0.2, -0.15) is 0 Å². The van der Waals surface area contributed by atoms with E-state index in [2.05, 4.69) is 27.1 Å². The van der Waals surface area contributed by atoms with E-state index in [0.717, 1.165) is 48.6 Å². The van der Waals surface area contributed by atoms with Crippen molar-refractivity contribution < 1.29 is 8.42 Å². The average molecular weight is 364 g/mol. The van der Waals surface area contributed by atoms with Crippen LogP contribution in [-0.2, 0) is 10.0 Å². The zero-order chi connectivity index (χ0) is 16.6. The Bertz CT molecular complexity index is 800. The third-order valence-corrected chi connectivity index (χ3v) is 7.46. The number of rotatable bonds is 5. The van der Waals surface area contributed by atoms with Crippen molar-refractivity contribution in [2.75, 3.05) is 18.0 Å². The fraction of sp³-hybridized carbons (Fsp3) is 0.471. The minimum atomic E-state index is -3.12. The fourth-order valence-corrected chi connectivity index (χ4v) is 5.58. The van der Waals surface area contributed by atoms with Crippen LogP contribution >= 0.6 is 11.3 Å². The molecule has 0 spiro atoms. The first-order valence-corrected chi connectivity index (χ1v) is 10.8. The van der Waals surface area contributed by atoms with Crippen molar-refractivity contribution in [3.63, 3.8) is 0 Å². The number of nitrogens with zero attached hydrogens (tertiary/aromatic N) is 2. The van der Waals surface area contributed by atoms with Gasteiger partial charge in [-0.25, -0.2) is 18.1 Å². The molecule has 24 heavy (non-hydrogen) atoms. The second-order valence-electron chi connectivity index (χ2n) is 6.53. The predicted molar refractivity (Wildman–Crippen MR) is 97.9 cm³/mol. The highest BCUT2D eigenvalue weighted by Gasteiger charge is 2.37. The van der Waals surface area contributed by atoms with Crippen LogP contribution in [0, 0.1) is 0 Å². The van der Waals surface area contributed by atoms with Crippen LogP contribution in [0.5, 0.6) is 0 Å². The number of aromatic nitrogens is 1. The molecule has 0 amide bonds. The quantitative estimate of drug-likeness (QED) is 0.887. The molecule has 4 rings (SSSR count). The molecule has 0 bridgehead atoms. The Morgan fingerprint density at radius 3 is 2.71 bits per heavy atom. The van der Waals surface area contributed by atoms with Gasteiger partial charge in [0.1, 0.15) is 0 Å². The van der Waals surface area contributed by atoms with E-state index < -0.39 is 10.0 Å². The molecule has 1 N–H and O–H groups in total. The van der Waals surface area contributed by atoms with Gasteiger partial charge in [0.15, 0.2) is 5.13 Å². The van der Waals surface area contributed by atoms with Crippen LogP contribution in [0.1, 0.15) is 25.7 Å². The number of nitrogens with one attached hydrogen (secondary N) is 1. The Balaban J connectivity index is 1.45. The fourth-order valence-electron chi connectivity index (χ4n) is 3.10. The first-order chi connectivity index (χ1) is 11.6. The molecule has 1 unspecified atom stereocenters. The van der Waals surface area contributed by atoms with Gasteiger partial charge in [-0.3, -0.25) is 0 Å². The summed E-state index contributed by atoms with van der Waals surface area (Å²) in [5, 5.41) is 2.89. The van der Waals surface area contributed by atoms with Gasteiger partial charge in [0.25, 0.3) is 0 Å². The third kappa shape index (κ3) is 3.48. The molecule has 5 nitrogen and oxygen atoms in total. The zero-order valence-corrected chi connectivity index (χ0v) is 15.0. The van der Waals surface area contributed by atoms with Crippen LogP contribution in [0.15, 0.2) is 35.7 Å². The molecular formula is C17H21N3O2S2. The Labute approximate surface area is 146 Å². The van der Waals surface area contributed by atoms with Gasteiger partial charge in [-0.05, 0) is 25.7 Å². The lowest BCUT2D eigenvalue weighted by Gasteiger charge is -2.32. The monoisotopic (exact) mass is 363 g/mol. The molecule has 7 heteroatoms. The minimum absolute atomic E-state index is 0.00609. The summed E-state index contributed by atoms with van der Waals surface area (Å²) in [7, 11) is -3.12. The zero-order valence-electron chi connectivity index (χ0n) is 13.4. The normalized spacial score (nSPS) is 21.8. The maximum Gasteiger partial charge on any atom is 0.214 e. The molecule has 1 aromatic carbocycles. The van der Waals surface area contributed by atoms with Crippen LogP contribution in [-0.4, -0.2) is 37.8 Å². The number of piperidine rings is 1. The van der Waals surface area contributed by atoms with E-state index in [1.807, 2.05) is 18.2 Å². The van der Waals surface area contributed by atoms with Gasteiger partial charge < -0.3 is 4.90 Å². The van der Waals surface area contributed by atoms with Gasteiger partial charge in [0.05, 0.1) is 10.9 Å². The van der Waals surface area contributed by atoms with E-state index in [1.54, 1.807) is 11.3 Å². The van der Waals surface area contributed by atoms with Crippen molar-refractivity contribution in [2.24, 2.45) is 0 Å². The lowest BCUT2D eigenvalue weighted by molar-refractivity contribution is 0.465. The summed E-state index contributed by atoms with van der Waals surface area (Å²) in [5.41, 5.74) is 2.10. The number of anilines is 1. The molecule has 1 atom stereocenters. The van der Waals surface area contributed by atoms with Gasteiger partial charge in [0, 0.05) is 30.1 Å². The minimum Gasteiger partial charge on any atom is -0.346 e. The van der Waals surface area contributed by atoms with Crippen LogP contribution in [0.3, 0.4) is 0 Å². The van der Waals surface area contributed by atoms with Gasteiger partial charge in [-0.15, -0.1) is 11.3 Å². The Morgan fingerprint density at radius 2 is 1.96 bits per heavy atom. The Kier molecular flexibility index (Phi) is 4.32. The summed E-state index contributed by atoms with van der Waals surface area (Å²) in [6.07, 6.45) is 3.49. The van der Waals surface area contributed by atoms with E-state index >= 15 is 0 Å². The molecule has 1 aromatic heterocycles. The number of hydrogen-bond donors (Lipinski definition) is 1. The molecule has 2 fully saturated rings. The summed E-state index contributed by atoms with van der Waals surface area (Å²) in [5.74, 6) is 0. The number of benzene rings is 1. The second-order valence-corrected chi connectivity index (χ2v) is 9.36. The largest absolute Gasteiger partial charge is 0.346 e. The summed E-state index contributed by atoms with van der Waals surface area (Å²) >= 11 is 1.63. The van der Waals surface area contributed by atoms with E-state index in [0.29, 0.717) is 6.54 Å². The van der Waals surface area contributed by atoms with Crippen LogP contribution < -0.4 is 9.62 Å². The summed E-state index contributed by atoms with van der Waals surface area (Å²) < 4.78 is 27.2. The lowest BCUT2D eigenvalue weighted by Crippen LogP contribution is -2.48. The molecule has 1 saturated heterocycles. The van der Waals surface area contributed by atoms with E-state index in [4.69, 9.17) is 4.98 Å². The first kappa shape index (κ1) is 16.1. The van der Waals surface area contributed by atoms with Crippen molar-refractivity contribution in [3.05, 3.63) is 35.7 Å². The van der Waals surface area contributed by atoms with Crippen molar-refractivity contribution in [2.45, 2.75) is 37.0 Å². The standard InChI is InChI=1S/C17H21N3O2S2/c21-24(22,15-8-9-15)19-14-7-4-10-20(11-14)17-18-16(12-23-17)13-5-2-1-3-6-13/h1-3,5-6,12,14-15,19H,4,7-11H2. The van der Waals surface area contributed by atoms with Crippen LogP contribution in [0.4, 0.5) is 5.13 Å². The van der Waals surface area contributed by atoms with E-state index in [-0.39, 0.29) is 11.3 Å². The number of thiazole rings is 1. The summed E-state index contributed by atoms with van der Waals surface area (Å²) in [4.78, 5) is 6.96. The van der Waals surface area contributed by atoms with Gasteiger partial charge in [0.2, 0.25) is 10.0 Å². The van der Waals surface area contributed by atoms with Crippen molar-refractivity contribution in [1.29, 1.82) is 0 Å². The van der Waals surface area contributed by atoms with Gasteiger partial charge >= 0.3 is 0 Å². The smallest absolute Gasteiger partial charge is 0.214 e. The maximum atomic E-state index is 12.2. The van der Waals surface area contributed by atoms with E-state index in [1.165, 1.54) is 0 Å². The first-order valence-electron chi connectivity index (χ1n) is 8.39. The summed E-state index contributed by atoms with van der Waals surface area (Å²) in [6, 6.07) is 10.1. The molecule has 2 aliphatic rings. The Hall–Kier alpha value is -1.44. The predicted octanol–water partition coefficient (Wildman–Crippen LogP) is 2.86. The third-order valence-electron chi connectivity index (χ3n) is 4.55. The highest BCUT2D eigenvalue weighted by atomic mass is 32.2. The highest BCUT2D eigenvalue weighted by molar-refractivity contribution is 7.90. The van der Waals surface area contributed by atoms with Crippen LogP contribution in [0.25, 0.3) is 11.3 Å². The SMILES string of the molecule is O=S(=O)(NC1CCCN(c2nc(-c3ccccc3)cs2)C1)C1CC1. The Morgan fingerprint density at radius 1 is 1.17 bits per heavy atom. The van der Waals surface area contributed by atoms with Crippen LogP contribution in [0.2, 0.25) is 0 Å². The van der Waals surface area contributed by atoms with Crippen molar-refractivity contribution >= 4 is 26.5 Å². The topological polar surface area (TPSA) is 62.3 Å². The molecule has 2 aromatic rings. The highest BCUT2D eigenvalue weighted by Crippen LogP contribution is 2.31. The van der Waals surface area contributed by atoms with Crippen molar-refractivity contribution in [3.8, 4) is 11.3 Å². The molecule has 128 valence electrons. The molecular weight excluding hydrogens is 342 g/mol. The second kappa shape index (κ2) is 6.46. The van der Waals surface area contributed by atoms with Crippen molar-refractivity contribution in [1.82, 2.24) is 9.71 Å². The number of sulfonamides is 1. The maximum absolute atomic E-state index is 12.2. The molecule has 0 radical (unpaired) electrons. The summed E-state index contributed by atoms with van der Waals surface area (Å²) in [6.45, 7) is 1.64. The molecule has 1 saturated carbocycles. The molecule has 1 aliphatic heterocycles. The van der Waals surface area contributed by atoms with Gasteiger partial charge in [-0.1, -0.05) is 30.3 Å². The lowest BCUT2D eigenvalue weighted by atomic mass is 10.1.